The van der Waals surface area contributed by atoms with Crippen LogP contribution in [0.25, 0.3) is 0 Å². The zero-order valence-corrected chi connectivity index (χ0v) is 11.4. The van der Waals surface area contributed by atoms with Crippen LogP contribution in [-0.4, -0.2) is 24.1 Å². The highest BCUT2D eigenvalue weighted by molar-refractivity contribution is 9.09. The first-order valence-corrected chi connectivity index (χ1v) is 7.21. The van der Waals surface area contributed by atoms with Crippen molar-refractivity contribution in [1.29, 1.82) is 0 Å². The van der Waals surface area contributed by atoms with Gasteiger partial charge in [0.05, 0.1) is 30.2 Å². The lowest BCUT2D eigenvalue weighted by Gasteiger charge is -2.28. The Bertz CT molecular complexity index is 394. The number of rotatable bonds is 2. The van der Waals surface area contributed by atoms with Gasteiger partial charge >= 0.3 is 0 Å². The molecule has 2 nitrogen and oxygen atoms in total. The normalized spacial score (nSPS) is 32.4. The number of hydrogen-bond acceptors (Lipinski definition) is 2. The average molecular weight is 297 g/mol. The summed E-state index contributed by atoms with van der Waals surface area (Å²) in [6.07, 6.45) is 4.00. The summed E-state index contributed by atoms with van der Waals surface area (Å²) in [6, 6.07) is 8.66. The number of halogens is 1. The summed E-state index contributed by atoms with van der Waals surface area (Å²) < 4.78 is 11.6. The number of ether oxygens (including phenoxy) is 2. The third-order valence-corrected chi connectivity index (χ3v) is 4.47. The van der Waals surface area contributed by atoms with Crippen LogP contribution in [0.5, 0.6) is 0 Å². The Balaban J connectivity index is 1.76. The molecule has 1 aromatic rings. The molecule has 3 unspecified atom stereocenters. The van der Waals surface area contributed by atoms with E-state index < -0.39 is 0 Å². The van der Waals surface area contributed by atoms with Crippen LogP contribution in [0.4, 0.5) is 0 Å². The Morgan fingerprint density at radius 1 is 1.24 bits per heavy atom. The Labute approximate surface area is 110 Å². The number of hydrogen-bond donors (Lipinski definition) is 0. The minimum Gasteiger partial charge on any atom is -0.377 e. The van der Waals surface area contributed by atoms with E-state index in [4.69, 9.17) is 9.47 Å². The second-order valence-electron chi connectivity index (χ2n) is 4.81. The van der Waals surface area contributed by atoms with Crippen LogP contribution in [0.2, 0.25) is 0 Å². The van der Waals surface area contributed by atoms with Crippen molar-refractivity contribution in [2.75, 3.05) is 13.2 Å². The van der Waals surface area contributed by atoms with Crippen LogP contribution >= 0.6 is 15.9 Å². The molecule has 0 saturated carbocycles. The van der Waals surface area contributed by atoms with E-state index in [0.717, 1.165) is 13.0 Å². The molecule has 17 heavy (non-hydrogen) atoms. The number of alkyl halides is 1. The third-order valence-electron chi connectivity index (χ3n) is 3.62. The van der Waals surface area contributed by atoms with Crippen LogP contribution in [0.1, 0.15) is 30.1 Å². The first kappa shape index (κ1) is 11.7. The van der Waals surface area contributed by atoms with E-state index in [1.54, 1.807) is 0 Å². The van der Waals surface area contributed by atoms with Crippen LogP contribution in [0, 0.1) is 0 Å². The van der Waals surface area contributed by atoms with Gasteiger partial charge in [-0.3, -0.25) is 0 Å². The molecular formula is C14H17BrO2. The number of aryl methyl sites for hydroxylation is 1. The second kappa shape index (κ2) is 5.09. The molecule has 3 atom stereocenters. The predicted molar refractivity (Wildman–Crippen MR) is 70.5 cm³/mol. The Morgan fingerprint density at radius 3 is 2.94 bits per heavy atom. The summed E-state index contributed by atoms with van der Waals surface area (Å²) in [4.78, 5) is 0.344. The first-order valence-electron chi connectivity index (χ1n) is 6.29. The molecule has 3 heteroatoms. The highest BCUT2D eigenvalue weighted by Crippen LogP contribution is 2.35. The molecule has 2 aliphatic rings. The van der Waals surface area contributed by atoms with Gasteiger partial charge in [-0.05, 0) is 30.4 Å². The monoisotopic (exact) mass is 296 g/mol. The lowest BCUT2D eigenvalue weighted by Crippen LogP contribution is -2.26. The molecule has 0 amide bonds. The molecule has 1 aliphatic carbocycles. The summed E-state index contributed by atoms with van der Waals surface area (Å²) in [5.74, 6) is 0. The van der Waals surface area contributed by atoms with Crippen LogP contribution in [0.3, 0.4) is 0 Å². The lowest BCUT2D eigenvalue weighted by molar-refractivity contribution is -0.0229. The van der Waals surface area contributed by atoms with E-state index in [2.05, 4.69) is 40.2 Å². The van der Waals surface area contributed by atoms with Crippen LogP contribution in [0.15, 0.2) is 24.3 Å². The van der Waals surface area contributed by atoms with Crippen molar-refractivity contribution in [1.82, 2.24) is 0 Å². The summed E-state index contributed by atoms with van der Waals surface area (Å²) in [5, 5.41) is 0. The quantitative estimate of drug-likeness (QED) is 0.780. The molecule has 1 aliphatic heterocycles. The summed E-state index contributed by atoms with van der Waals surface area (Å²) in [7, 11) is 0. The number of benzene rings is 1. The number of fused-ring (bicyclic) bond motifs is 1. The van der Waals surface area contributed by atoms with E-state index in [1.165, 1.54) is 24.0 Å². The Morgan fingerprint density at radius 2 is 2.12 bits per heavy atom. The highest BCUT2D eigenvalue weighted by atomic mass is 79.9. The zero-order valence-electron chi connectivity index (χ0n) is 9.77. The van der Waals surface area contributed by atoms with E-state index in [1.807, 2.05) is 0 Å². The van der Waals surface area contributed by atoms with Gasteiger partial charge in [-0.15, -0.1) is 0 Å². The van der Waals surface area contributed by atoms with Crippen molar-refractivity contribution in [3.63, 3.8) is 0 Å². The van der Waals surface area contributed by atoms with Gasteiger partial charge in [-0.1, -0.05) is 40.2 Å². The van der Waals surface area contributed by atoms with Crippen molar-refractivity contribution in [3.05, 3.63) is 35.4 Å². The topological polar surface area (TPSA) is 18.5 Å². The Hall–Kier alpha value is -0.380. The standard InChI is InChI=1S/C14H17BrO2/c15-12-8-16-9-14(12)17-13-7-3-5-10-4-1-2-6-11(10)13/h1-2,4,6,12-14H,3,5,7-9H2. The van der Waals surface area contributed by atoms with Crippen molar-refractivity contribution in [2.45, 2.75) is 36.3 Å². The fourth-order valence-electron chi connectivity index (χ4n) is 2.69. The molecule has 0 aromatic heterocycles. The van der Waals surface area contributed by atoms with Gasteiger partial charge in [0, 0.05) is 0 Å². The van der Waals surface area contributed by atoms with Crippen molar-refractivity contribution in [3.8, 4) is 0 Å². The maximum Gasteiger partial charge on any atom is 0.0963 e. The smallest absolute Gasteiger partial charge is 0.0963 e. The molecule has 1 fully saturated rings. The van der Waals surface area contributed by atoms with Gasteiger partial charge in [-0.2, -0.15) is 0 Å². The minimum atomic E-state index is 0.200. The molecule has 1 saturated heterocycles. The van der Waals surface area contributed by atoms with E-state index >= 15 is 0 Å². The fourth-order valence-corrected chi connectivity index (χ4v) is 3.16. The third kappa shape index (κ3) is 2.42. The van der Waals surface area contributed by atoms with Gasteiger partial charge in [0.15, 0.2) is 0 Å². The van der Waals surface area contributed by atoms with Crippen molar-refractivity contribution < 1.29 is 9.47 Å². The molecule has 0 spiro atoms. The van der Waals surface area contributed by atoms with E-state index in [0.29, 0.717) is 11.4 Å². The maximum atomic E-state index is 6.22. The molecule has 1 aromatic carbocycles. The average Bonchev–Trinajstić information content (AvgIpc) is 2.76. The van der Waals surface area contributed by atoms with Crippen LogP contribution < -0.4 is 0 Å². The van der Waals surface area contributed by atoms with Gasteiger partial charge in [0.2, 0.25) is 0 Å². The molecule has 1 heterocycles. The molecule has 0 radical (unpaired) electrons. The minimum absolute atomic E-state index is 0.200. The highest BCUT2D eigenvalue weighted by Gasteiger charge is 2.31. The molecule has 92 valence electrons. The largest absolute Gasteiger partial charge is 0.377 e. The van der Waals surface area contributed by atoms with E-state index in [9.17, 15) is 0 Å². The van der Waals surface area contributed by atoms with Gasteiger partial charge in [0.1, 0.15) is 0 Å². The van der Waals surface area contributed by atoms with Crippen molar-refractivity contribution in [2.24, 2.45) is 0 Å². The van der Waals surface area contributed by atoms with Crippen molar-refractivity contribution >= 4 is 15.9 Å². The zero-order chi connectivity index (χ0) is 11.7. The first-order chi connectivity index (χ1) is 8.34. The van der Waals surface area contributed by atoms with Crippen LogP contribution in [-0.2, 0) is 15.9 Å². The summed E-state index contributed by atoms with van der Waals surface area (Å²) in [6.45, 7) is 1.48. The molecular weight excluding hydrogens is 280 g/mol. The van der Waals surface area contributed by atoms with Gasteiger partial charge < -0.3 is 9.47 Å². The molecule has 0 bridgehead atoms. The second-order valence-corrected chi connectivity index (χ2v) is 5.98. The SMILES string of the molecule is BrC1COCC1OC1CCCc2ccccc21. The Kier molecular flexibility index (Phi) is 3.50. The maximum absolute atomic E-state index is 6.22. The predicted octanol–water partition coefficient (Wildman–Crippen LogP) is 3.24. The lowest BCUT2D eigenvalue weighted by atomic mass is 9.89. The summed E-state index contributed by atoms with van der Waals surface area (Å²) >= 11 is 3.62. The molecule has 3 rings (SSSR count). The van der Waals surface area contributed by atoms with Gasteiger partial charge in [0.25, 0.3) is 0 Å². The van der Waals surface area contributed by atoms with E-state index in [-0.39, 0.29) is 12.2 Å². The fraction of sp³-hybridized carbons (Fsp3) is 0.571. The summed E-state index contributed by atoms with van der Waals surface area (Å²) in [5.41, 5.74) is 2.83. The molecule has 0 N–H and O–H groups in total. The van der Waals surface area contributed by atoms with Gasteiger partial charge in [-0.25, -0.2) is 0 Å².